The van der Waals surface area contributed by atoms with Gasteiger partial charge in [-0.3, -0.25) is 0 Å². The molecule has 0 aliphatic heterocycles. The van der Waals surface area contributed by atoms with Crippen LogP contribution < -0.4 is 4.57 Å². The Labute approximate surface area is 163 Å². The summed E-state index contributed by atoms with van der Waals surface area (Å²) in [4.78, 5) is 0. The van der Waals surface area contributed by atoms with Gasteiger partial charge in [0.1, 0.15) is 6.04 Å². The minimum atomic E-state index is 0.164. The van der Waals surface area contributed by atoms with Crippen molar-refractivity contribution >= 4 is 11.0 Å². The molecular formula is C25H33N2+. The molecule has 0 atom stereocenters. The Bertz CT molecular complexity index is 995. The van der Waals surface area contributed by atoms with Gasteiger partial charge < -0.3 is 0 Å². The van der Waals surface area contributed by atoms with Crippen LogP contribution in [-0.4, -0.2) is 4.57 Å². The Morgan fingerprint density at radius 1 is 0.963 bits per heavy atom. The molecule has 1 aliphatic carbocycles. The summed E-state index contributed by atoms with van der Waals surface area (Å²) in [6, 6.07) is 14.5. The number of hydrogen-bond donors (Lipinski definition) is 0. The second kappa shape index (κ2) is 6.51. The van der Waals surface area contributed by atoms with Gasteiger partial charge in [0.15, 0.2) is 11.0 Å². The normalized spacial score (nSPS) is 15.8. The Hall–Kier alpha value is -2.09. The lowest BCUT2D eigenvalue weighted by molar-refractivity contribution is -0.634. The number of rotatable bonds is 2. The van der Waals surface area contributed by atoms with Crippen molar-refractivity contribution in [3.05, 3.63) is 53.1 Å². The van der Waals surface area contributed by atoms with Crippen LogP contribution in [-0.2, 0) is 12.5 Å². The summed E-state index contributed by atoms with van der Waals surface area (Å²) in [7, 11) is 2.24. The molecule has 1 fully saturated rings. The fourth-order valence-corrected chi connectivity index (χ4v) is 4.68. The predicted octanol–water partition coefficient (Wildman–Crippen LogP) is 6.16. The van der Waals surface area contributed by atoms with Crippen LogP contribution in [0.15, 0.2) is 36.4 Å². The molecule has 2 aromatic carbocycles. The summed E-state index contributed by atoms with van der Waals surface area (Å²) in [6.07, 6.45) is 5.28. The Kier molecular flexibility index (Phi) is 4.41. The van der Waals surface area contributed by atoms with Crippen molar-refractivity contribution in [3.8, 4) is 11.4 Å². The minimum absolute atomic E-state index is 0.164. The lowest BCUT2D eigenvalue weighted by Gasteiger charge is -2.18. The third-order valence-electron chi connectivity index (χ3n) is 6.33. The van der Waals surface area contributed by atoms with Crippen LogP contribution >= 0.6 is 0 Å². The first-order valence-corrected chi connectivity index (χ1v) is 10.4. The molecule has 0 unspecified atom stereocenters. The van der Waals surface area contributed by atoms with E-state index in [4.69, 9.17) is 0 Å². The average molecular weight is 362 g/mol. The SMILES string of the molecule is Cc1ccc(C)c(-c2n(C3CCCC3)c3cc(C(C)(C)C)ccc3[n+]2C)c1. The second-order valence-corrected chi connectivity index (χ2v) is 9.46. The molecule has 3 aromatic rings. The maximum atomic E-state index is 2.67. The summed E-state index contributed by atoms with van der Waals surface area (Å²) >= 11 is 0. The van der Waals surface area contributed by atoms with E-state index in [-0.39, 0.29) is 5.41 Å². The van der Waals surface area contributed by atoms with Crippen LogP contribution in [0, 0.1) is 13.8 Å². The van der Waals surface area contributed by atoms with Gasteiger partial charge in [-0.1, -0.05) is 44.5 Å². The molecule has 2 nitrogen and oxygen atoms in total. The van der Waals surface area contributed by atoms with E-state index in [0.29, 0.717) is 6.04 Å². The molecule has 0 spiro atoms. The van der Waals surface area contributed by atoms with Gasteiger partial charge in [0.2, 0.25) is 0 Å². The first-order valence-electron chi connectivity index (χ1n) is 10.4. The van der Waals surface area contributed by atoms with E-state index in [9.17, 15) is 0 Å². The molecule has 2 heteroatoms. The van der Waals surface area contributed by atoms with Crippen molar-refractivity contribution in [2.24, 2.45) is 7.05 Å². The predicted molar refractivity (Wildman–Crippen MR) is 114 cm³/mol. The first-order chi connectivity index (χ1) is 12.8. The summed E-state index contributed by atoms with van der Waals surface area (Å²) < 4.78 is 5.08. The fraction of sp³-hybridized carbons (Fsp3) is 0.480. The van der Waals surface area contributed by atoms with E-state index in [1.807, 2.05) is 0 Å². The van der Waals surface area contributed by atoms with Gasteiger partial charge in [-0.2, -0.15) is 0 Å². The first kappa shape index (κ1) is 18.3. The van der Waals surface area contributed by atoms with Crippen molar-refractivity contribution in [1.29, 1.82) is 0 Å². The van der Waals surface area contributed by atoms with Crippen molar-refractivity contribution in [2.75, 3.05) is 0 Å². The zero-order valence-corrected chi connectivity index (χ0v) is 17.8. The third-order valence-corrected chi connectivity index (χ3v) is 6.33. The zero-order valence-electron chi connectivity index (χ0n) is 17.8. The topological polar surface area (TPSA) is 8.81 Å². The molecule has 0 amide bonds. The van der Waals surface area contributed by atoms with Gasteiger partial charge in [-0.25, -0.2) is 9.13 Å². The smallest absolute Gasteiger partial charge is 0.226 e. The molecule has 1 aromatic heterocycles. The highest BCUT2D eigenvalue weighted by Crippen LogP contribution is 2.38. The summed E-state index contributed by atoms with van der Waals surface area (Å²) in [5.74, 6) is 1.36. The zero-order chi connectivity index (χ0) is 19.3. The highest BCUT2D eigenvalue weighted by molar-refractivity contribution is 5.78. The Morgan fingerprint density at radius 3 is 2.33 bits per heavy atom. The van der Waals surface area contributed by atoms with E-state index < -0.39 is 0 Å². The van der Waals surface area contributed by atoms with Crippen LogP contribution in [0.3, 0.4) is 0 Å². The second-order valence-electron chi connectivity index (χ2n) is 9.46. The molecule has 0 bridgehead atoms. The lowest BCUT2D eigenvalue weighted by Crippen LogP contribution is -2.31. The number of nitrogens with zero attached hydrogens (tertiary/aromatic N) is 2. The standard InChI is InChI=1S/C25H33N2/c1-17-11-12-18(2)21(15-17)24-26(6)22-14-13-19(25(3,4)5)16-23(22)27(24)20-9-7-8-10-20/h11-16,20H,7-10H2,1-6H3/q+1. The summed E-state index contributed by atoms with van der Waals surface area (Å²) in [5.41, 5.74) is 8.37. The van der Waals surface area contributed by atoms with Crippen molar-refractivity contribution < 1.29 is 4.57 Å². The Morgan fingerprint density at radius 2 is 1.67 bits per heavy atom. The largest absolute Gasteiger partial charge is 0.290 e. The van der Waals surface area contributed by atoms with Crippen LogP contribution in [0.25, 0.3) is 22.4 Å². The number of benzene rings is 2. The molecule has 1 heterocycles. The van der Waals surface area contributed by atoms with Crippen molar-refractivity contribution in [3.63, 3.8) is 0 Å². The molecule has 142 valence electrons. The van der Waals surface area contributed by atoms with Gasteiger partial charge in [0.05, 0.1) is 12.6 Å². The van der Waals surface area contributed by atoms with Crippen LogP contribution in [0.2, 0.25) is 0 Å². The molecule has 1 saturated carbocycles. The number of hydrogen-bond acceptors (Lipinski definition) is 0. The van der Waals surface area contributed by atoms with Crippen LogP contribution in [0.5, 0.6) is 0 Å². The van der Waals surface area contributed by atoms with Gasteiger partial charge in [-0.05, 0) is 74.3 Å². The van der Waals surface area contributed by atoms with Gasteiger partial charge >= 0.3 is 0 Å². The molecule has 0 N–H and O–H groups in total. The van der Waals surface area contributed by atoms with Crippen molar-refractivity contribution in [2.45, 2.75) is 71.8 Å². The highest BCUT2D eigenvalue weighted by atomic mass is 15.2. The third kappa shape index (κ3) is 3.09. The molecule has 0 radical (unpaired) electrons. The minimum Gasteiger partial charge on any atom is -0.226 e. The van der Waals surface area contributed by atoms with Crippen LogP contribution in [0.4, 0.5) is 0 Å². The number of fused-ring (bicyclic) bond motifs is 1. The highest BCUT2D eigenvalue weighted by Gasteiger charge is 2.33. The monoisotopic (exact) mass is 361 g/mol. The van der Waals surface area contributed by atoms with E-state index >= 15 is 0 Å². The van der Waals surface area contributed by atoms with E-state index in [0.717, 1.165) is 0 Å². The number of aromatic nitrogens is 2. The van der Waals surface area contributed by atoms with E-state index in [2.05, 4.69) is 87.2 Å². The fourth-order valence-electron chi connectivity index (χ4n) is 4.68. The van der Waals surface area contributed by atoms with Crippen LogP contribution in [0.1, 0.15) is 69.2 Å². The maximum absolute atomic E-state index is 2.67. The van der Waals surface area contributed by atoms with Crippen molar-refractivity contribution in [1.82, 2.24) is 4.57 Å². The summed E-state index contributed by atoms with van der Waals surface area (Å²) in [6.45, 7) is 11.4. The van der Waals surface area contributed by atoms with E-state index in [1.165, 1.54) is 64.8 Å². The van der Waals surface area contributed by atoms with Gasteiger partial charge in [0.25, 0.3) is 5.82 Å². The van der Waals surface area contributed by atoms with Gasteiger partial charge in [0, 0.05) is 0 Å². The Balaban J connectivity index is 2.06. The molecule has 0 saturated heterocycles. The quantitative estimate of drug-likeness (QED) is 0.483. The number of imidazole rings is 1. The molecule has 27 heavy (non-hydrogen) atoms. The van der Waals surface area contributed by atoms with E-state index in [1.54, 1.807) is 0 Å². The number of aryl methyl sites for hydroxylation is 3. The molecule has 4 rings (SSSR count). The lowest BCUT2D eigenvalue weighted by atomic mass is 9.87. The van der Waals surface area contributed by atoms with Gasteiger partial charge in [-0.15, -0.1) is 0 Å². The molecular weight excluding hydrogens is 328 g/mol. The molecule has 1 aliphatic rings. The average Bonchev–Trinajstić information content (AvgIpc) is 3.22. The maximum Gasteiger partial charge on any atom is 0.290 e. The summed E-state index contributed by atoms with van der Waals surface area (Å²) in [5, 5.41) is 0.